The van der Waals surface area contributed by atoms with Gasteiger partial charge in [-0.3, -0.25) is 4.98 Å². The lowest BCUT2D eigenvalue weighted by Gasteiger charge is -2.23. The zero-order chi connectivity index (χ0) is 12.7. The normalized spacial score (nSPS) is 14.8. The van der Waals surface area contributed by atoms with E-state index in [0.29, 0.717) is 5.56 Å². The minimum absolute atomic E-state index is 0.246. The summed E-state index contributed by atoms with van der Waals surface area (Å²) in [5.41, 5.74) is 3.89. The summed E-state index contributed by atoms with van der Waals surface area (Å²) in [6.07, 6.45) is 3.31. The van der Waals surface area contributed by atoms with Crippen molar-refractivity contribution in [3.8, 4) is 5.75 Å². The number of hydrogen-bond acceptors (Lipinski definition) is 2. The van der Waals surface area contributed by atoms with Crippen molar-refractivity contribution in [1.82, 2.24) is 4.98 Å². The van der Waals surface area contributed by atoms with E-state index in [0.717, 1.165) is 35.1 Å². The maximum atomic E-state index is 14.1. The van der Waals surface area contributed by atoms with E-state index >= 15 is 0 Å². The molecule has 2 aromatic rings. The van der Waals surface area contributed by atoms with Gasteiger partial charge in [-0.05, 0) is 43.5 Å². The standard InChI is InChI=1S/C15H14FNO/c1-9-3-5-11(9)15-12-7-10(18-2)4-6-14(12)17-8-13(15)16/h4,6-8H,3,5H2,1-2H3. The average molecular weight is 243 g/mol. The van der Waals surface area contributed by atoms with Gasteiger partial charge in [0.05, 0.1) is 18.8 Å². The van der Waals surface area contributed by atoms with E-state index in [1.54, 1.807) is 7.11 Å². The van der Waals surface area contributed by atoms with Crippen molar-refractivity contribution in [2.75, 3.05) is 7.11 Å². The van der Waals surface area contributed by atoms with Crippen LogP contribution in [0.25, 0.3) is 16.5 Å². The maximum absolute atomic E-state index is 14.1. The Balaban J connectivity index is 2.34. The van der Waals surface area contributed by atoms with Crippen LogP contribution >= 0.6 is 0 Å². The molecule has 1 aliphatic carbocycles. The van der Waals surface area contributed by atoms with Crippen LogP contribution in [0, 0.1) is 5.82 Å². The number of rotatable bonds is 2. The molecule has 1 aliphatic rings. The first-order valence-electron chi connectivity index (χ1n) is 6.02. The zero-order valence-electron chi connectivity index (χ0n) is 10.5. The monoisotopic (exact) mass is 243 g/mol. The third-order valence-corrected chi connectivity index (χ3v) is 3.60. The number of ether oxygens (including phenoxy) is 1. The molecule has 0 atom stereocenters. The third kappa shape index (κ3) is 1.58. The van der Waals surface area contributed by atoms with E-state index in [1.165, 1.54) is 11.8 Å². The lowest BCUT2D eigenvalue weighted by molar-refractivity contribution is 0.415. The molecule has 0 radical (unpaired) electrons. The van der Waals surface area contributed by atoms with Crippen LogP contribution in [0.15, 0.2) is 30.0 Å². The second kappa shape index (κ2) is 4.09. The summed E-state index contributed by atoms with van der Waals surface area (Å²) in [4.78, 5) is 4.13. The Morgan fingerprint density at radius 1 is 1.28 bits per heavy atom. The van der Waals surface area contributed by atoms with Gasteiger partial charge in [0.1, 0.15) is 11.6 Å². The minimum atomic E-state index is -0.246. The molecule has 0 N–H and O–H groups in total. The van der Waals surface area contributed by atoms with Gasteiger partial charge in [-0.2, -0.15) is 0 Å². The predicted molar refractivity (Wildman–Crippen MR) is 70.1 cm³/mol. The lowest BCUT2D eigenvalue weighted by atomic mass is 9.83. The zero-order valence-corrected chi connectivity index (χ0v) is 10.5. The molecule has 0 amide bonds. The predicted octanol–water partition coefficient (Wildman–Crippen LogP) is 3.95. The number of pyridine rings is 1. The molecule has 0 bridgehead atoms. The number of fused-ring (bicyclic) bond motifs is 1. The largest absolute Gasteiger partial charge is 0.497 e. The summed E-state index contributed by atoms with van der Waals surface area (Å²) >= 11 is 0. The Hall–Kier alpha value is -1.90. The van der Waals surface area contributed by atoms with Gasteiger partial charge in [0.2, 0.25) is 0 Å². The molecule has 92 valence electrons. The number of allylic oxidation sites excluding steroid dienone is 2. The van der Waals surface area contributed by atoms with Crippen LogP contribution in [0.5, 0.6) is 5.75 Å². The summed E-state index contributed by atoms with van der Waals surface area (Å²) in [6, 6.07) is 5.57. The SMILES string of the molecule is COc1ccc2ncc(F)c(C3=C(C)CC3)c2c1. The Morgan fingerprint density at radius 2 is 2.11 bits per heavy atom. The first kappa shape index (κ1) is 11.2. The molecule has 0 spiro atoms. The van der Waals surface area contributed by atoms with Crippen molar-refractivity contribution in [2.24, 2.45) is 0 Å². The molecular formula is C15H14FNO. The number of benzene rings is 1. The highest BCUT2D eigenvalue weighted by Crippen LogP contribution is 2.40. The summed E-state index contributed by atoms with van der Waals surface area (Å²) in [5, 5.41) is 0.836. The second-order valence-electron chi connectivity index (χ2n) is 4.62. The third-order valence-electron chi connectivity index (χ3n) is 3.60. The van der Waals surface area contributed by atoms with E-state index < -0.39 is 0 Å². The van der Waals surface area contributed by atoms with E-state index in [1.807, 2.05) is 18.2 Å². The van der Waals surface area contributed by atoms with Gasteiger partial charge in [0, 0.05) is 10.9 Å². The van der Waals surface area contributed by atoms with Crippen LogP contribution in [0.2, 0.25) is 0 Å². The molecule has 0 saturated carbocycles. The maximum Gasteiger partial charge on any atom is 0.149 e. The molecule has 0 unspecified atom stereocenters. The number of nitrogens with zero attached hydrogens (tertiary/aromatic N) is 1. The highest BCUT2D eigenvalue weighted by Gasteiger charge is 2.21. The molecule has 2 nitrogen and oxygen atoms in total. The number of methoxy groups -OCH3 is 1. The number of hydrogen-bond donors (Lipinski definition) is 0. The lowest BCUT2D eigenvalue weighted by Crippen LogP contribution is -2.04. The summed E-state index contributed by atoms with van der Waals surface area (Å²) in [5.74, 6) is 0.485. The highest BCUT2D eigenvalue weighted by atomic mass is 19.1. The topological polar surface area (TPSA) is 22.1 Å². The molecule has 18 heavy (non-hydrogen) atoms. The van der Waals surface area contributed by atoms with Crippen LogP contribution in [-0.4, -0.2) is 12.1 Å². The van der Waals surface area contributed by atoms with Gasteiger partial charge >= 0.3 is 0 Å². The first-order chi connectivity index (χ1) is 8.70. The minimum Gasteiger partial charge on any atom is -0.497 e. The average Bonchev–Trinajstić information content (AvgIpc) is 2.39. The van der Waals surface area contributed by atoms with Crippen molar-refractivity contribution in [3.05, 3.63) is 41.3 Å². The summed E-state index contributed by atoms with van der Waals surface area (Å²) < 4.78 is 19.3. The van der Waals surface area contributed by atoms with E-state index in [-0.39, 0.29) is 5.82 Å². The molecule has 0 aliphatic heterocycles. The molecule has 0 saturated heterocycles. The molecule has 1 aromatic carbocycles. The van der Waals surface area contributed by atoms with Crippen LogP contribution in [0.4, 0.5) is 4.39 Å². The number of aromatic nitrogens is 1. The van der Waals surface area contributed by atoms with Crippen molar-refractivity contribution >= 4 is 16.5 Å². The van der Waals surface area contributed by atoms with Gasteiger partial charge in [0.15, 0.2) is 0 Å². The Bertz CT molecular complexity index is 661. The molecule has 1 aromatic heterocycles. The molecule has 3 rings (SSSR count). The van der Waals surface area contributed by atoms with Crippen molar-refractivity contribution in [3.63, 3.8) is 0 Å². The van der Waals surface area contributed by atoms with Gasteiger partial charge in [-0.1, -0.05) is 5.57 Å². The van der Waals surface area contributed by atoms with Gasteiger partial charge in [0.25, 0.3) is 0 Å². The van der Waals surface area contributed by atoms with Crippen LogP contribution < -0.4 is 4.74 Å². The summed E-state index contributed by atoms with van der Waals surface area (Å²) in [6.45, 7) is 2.06. The molecular weight excluding hydrogens is 229 g/mol. The van der Waals surface area contributed by atoms with Crippen molar-refractivity contribution in [1.29, 1.82) is 0 Å². The van der Waals surface area contributed by atoms with Crippen molar-refractivity contribution < 1.29 is 9.13 Å². The molecule has 3 heteroatoms. The second-order valence-corrected chi connectivity index (χ2v) is 4.62. The Kier molecular flexibility index (Phi) is 2.54. The van der Waals surface area contributed by atoms with Crippen LogP contribution in [0.3, 0.4) is 0 Å². The smallest absolute Gasteiger partial charge is 0.149 e. The van der Waals surface area contributed by atoms with E-state index in [4.69, 9.17) is 4.74 Å². The summed E-state index contributed by atoms with van der Waals surface area (Å²) in [7, 11) is 1.61. The molecule has 0 fully saturated rings. The van der Waals surface area contributed by atoms with E-state index in [2.05, 4.69) is 11.9 Å². The highest BCUT2D eigenvalue weighted by molar-refractivity contribution is 5.94. The number of halogens is 1. The van der Waals surface area contributed by atoms with Crippen LogP contribution in [0.1, 0.15) is 25.3 Å². The van der Waals surface area contributed by atoms with Crippen LogP contribution in [-0.2, 0) is 0 Å². The van der Waals surface area contributed by atoms with Gasteiger partial charge in [-0.25, -0.2) is 4.39 Å². The fourth-order valence-corrected chi connectivity index (χ4v) is 2.42. The Labute approximate surface area is 105 Å². The fourth-order valence-electron chi connectivity index (χ4n) is 2.42. The fraction of sp³-hybridized carbons (Fsp3) is 0.267. The molecule has 1 heterocycles. The quantitative estimate of drug-likeness (QED) is 0.796. The van der Waals surface area contributed by atoms with Gasteiger partial charge in [-0.15, -0.1) is 0 Å². The van der Waals surface area contributed by atoms with Gasteiger partial charge < -0.3 is 4.74 Å². The first-order valence-corrected chi connectivity index (χ1v) is 6.02. The van der Waals surface area contributed by atoms with Crippen molar-refractivity contribution in [2.45, 2.75) is 19.8 Å². The Morgan fingerprint density at radius 3 is 2.72 bits per heavy atom. The van der Waals surface area contributed by atoms with E-state index in [9.17, 15) is 4.39 Å².